The largest absolute Gasteiger partial charge is 0.469 e. The Morgan fingerprint density at radius 3 is 2.67 bits per heavy atom. The zero-order valence-electron chi connectivity index (χ0n) is 21.9. The summed E-state index contributed by atoms with van der Waals surface area (Å²) in [6.07, 6.45) is 17.7. The number of ether oxygens (including phenoxy) is 1. The molecule has 36 heavy (non-hydrogen) atoms. The van der Waals surface area contributed by atoms with Crippen molar-refractivity contribution in [1.29, 1.82) is 0 Å². The maximum absolute atomic E-state index is 11.2. The first-order valence-electron chi connectivity index (χ1n) is 13.3. The fourth-order valence-corrected chi connectivity index (χ4v) is 4.90. The van der Waals surface area contributed by atoms with Gasteiger partial charge in [-0.05, 0) is 57.1 Å². The van der Waals surface area contributed by atoms with Crippen LogP contribution < -0.4 is 0 Å². The number of hydrogen-bond donors (Lipinski definition) is 1. The highest BCUT2D eigenvalue weighted by Gasteiger charge is 2.41. The molecule has 5 nitrogen and oxygen atoms in total. The van der Waals surface area contributed by atoms with E-state index in [-0.39, 0.29) is 16.8 Å². The molecule has 0 amide bonds. The smallest absolute Gasteiger partial charge is 0.305 e. The lowest BCUT2D eigenvalue weighted by molar-refractivity contribution is -0.140. The number of nitrogens with zero attached hydrogens (tertiary/aromatic N) is 1. The third-order valence-electron chi connectivity index (χ3n) is 7.58. The Morgan fingerprint density at radius 2 is 1.94 bits per heavy atom. The second kappa shape index (κ2) is 14.0. The lowest BCUT2D eigenvalue weighted by Crippen LogP contribution is -2.40. The van der Waals surface area contributed by atoms with Crippen molar-refractivity contribution in [2.45, 2.75) is 83.7 Å². The molecule has 0 radical (unpaired) electrons. The topological polar surface area (TPSA) is 68.1 Å². The van der Waals surface area contributed by atoms with Crippen molar-refractivity contribution in [1.82, 2.24) is 0 Å². The molecule has 0 aromatic heterocycles. The number of hydrogen-bond acceptors (Lipinski definition) is 5. The molecule has 0 spiro atoms. The lowest BCUT2D eigenvalue weighted by Gasteiger charge is -2.43. The maximum Gasteiger partial charge on any atom is 0.305 e. The monoisotopic (exact) mass is 491 g/mol. The summed E-state index contributed by atoms with van der Waals surface area (Å²) in [5.74, 6) is 6.35. The van der Waals surface area contributed by atoms with Gasteiger partial charge in [-0.2, -0.15) is 0 Å². The van der Waals surface area contributed by atoms with Gasteiger partial charge in [-0.15, -0.1) is 0 Å². The van der Waals surface area contributed by atoms with Crippen LogP contribution in [0.15, 0.2) is 59.8 Å². The number of benzene rings is 1. The van der Waals surface area contributed by atoms with E-state index in [0.717, 1.165) is 69.1 Å². The van der Waals surface area contributed by atoms with Gasteiger partial charge in [0.15, 0.2) is 0 Å². The Kier molecular flexibility index (Phi) is 10.8. The molecule has 2 saturated carbocycles. The summed E-state index contributed by atoms with van der Waals surface area (Å²) in [6, 6.07) is 10.0. The lowest BCUT2D eigenvalue weighted by atomic mass is 9.63. The van der Waals surface area contributed by atoms with Gasteiger partial charge in [0.2, 0.25) is 0 Å². The molecule has 1 N–H and O–H groups in total. The second-order valence-electron chi connectivity index (χ2n) is 10.3. The normalized spacial score (nSPS) is 23.1. The van der Waals surface area contributed by atoms with Gasteiger partial charge in [0.05, 0.1) is 18.9 Å². The molecular weight excluding hydrogens is 450 g/mol. The number of rotatable bonds is 11. The van der Waals surface area contributed by atoms with E-state index < -0.39 is 6.10 Å². The van der Waals surface area contributed by atoms with E-state index in [1.165, 1.54) is 7.11 Å². The second-order valence-corrected chi connectivity index (χ2v) is 10.3. The Morgan fingerprint density at radius 1 is 1.14 bits per heavy atom. The number of aliphatic hydroxyl groups excluding tert-OH is 1. The van der Waals surface area contributed by atoms with Gasteiger partial charge < -0.3 is 14.7 Å². The fraction of sp³-hybridized carbons (Fsp3) is 0.548. The summed E-state index contributed by atoms with van der Waals surface area (Å²) < 4.78 is 4.66. The van der Waals surface area contributed by atoms with Crippen LogP contribution in [0.5, 0.6) is 0 Å². The molecule has 2 aliphatic carbocycles. The molecule has 1 aromatic carbocycles. The average Bonchev–Trinajstić information content (AvgIpc) is 2.87. The number of methoxy groups -OCH3 is 1. The van der Waals surface area contributed by atoms with E-state index in [1.54, 1.807) is 0 Å². The van der Waals surface area contributed by atoms with Crippen LogP contribution in [0.25, 0.3) is 0 Å². The molecule has 2 aliphatic rings. The molecule has 0 saturated heterocycles. The SMILES string of the molecule is COC(=O)CCCCO/N=C1\CCCC[C@@]1(C)/C=C/C=C/[C@H](O)C1(CC#Cc2ccccc2)CCC1. The van der Waals surface area contributed by atoms with E-state index in [0.29, 0.717) is 19.4 Å². The molecule has 2 atom stereocenters. The highest BCUT2D eigenvalue weighted by atomic mass is 16.6. The third-order valence-corrected chi connectivity index (χ3v) is 7.58. The van der Waals surface area contributed by atoms with Crippen LogP contribution >= 0.6 is 0 Å². The first-order chi connectivity index (χ1) is 17.5. The predicted octanol–water partition coefficient (Wildman–Crippen LogP) is 6.37. The van der Waals surface area contributed by atoms with Crippen molar-refractivity contribution in [2.24, 2.45) is 16.0 Å². The van der Waals surface area contributed by atoms with Gasteiger partial charge in [-0.3, -0.25) is 4.79 Å². The van der Waals surface area contributed by atoms with Crippen molar-refractivity contribution < 1.29 is 19.5 Å². The number of unbranched alkanes of at least 4 members (excludes halogenated alkanes) is 1. The highest BCUT2D eigenvalue weighted by Crippen LogP contribution is 2.47. The first kappa shape index (κ1) is 27.7. The van der Waals surface area contributed by atoms with Crippen molar-refractivity contribution >= 4 is 11.7 Å². The van der Waals surface area contributed by atoms with Crippen molar-refractivity contribution in [3.05, 3.63) is 60.2 Å². The number of oxime groups is 1. The molecular formula is C31H41NO4. The quantitative estimate of drug-likeness (QED) is 0.128. The number of aliphatic hydroxyl groups is 1. The van der Waals surface area contributed by atoms with E-state index in [1.807, 2.05) is 48.6 Å². The van der Waals surface area contributed by atoms with Gasteiger partial charge >= 0.3 is 5.97 Å². The van der Waals surface area contributed by atoms with Gasteiger partial charge in [-0.25, -0.2) is 0 Å². The van der Waals surface area contributed by atoms with Crippen molar-refractivity contribution in [3.8, 4) is 11.8 Å². The Bertz CT molecular complexity index is 981. The Hall–Kier alpha value is -2.84. The van der Waals surface area contributed by atoms with Gasteiger partial charge in [-0.1, -0.05) is 79.3 Å². The molecule has 2 fully saturated rings. The molecule has 0 bridgehead atoms. The Labute approximate surface area is 216 Å². The zero-order valence-corrected chi connectivity index (χ0v) is 21.9. The van der Waals surface area contributed by atoms with E-state index >= 15 is 0 Å². The summed E-state index contributed by atoms with van der Waals surface area (Å²) in [6.45, 7) is 2.71. The first-order valence-corrected chi connectivity index (χ1v) is 13.3. The number of allylic oxidation sites excluding steroid dienone is 3. The number of carbonyl (C=O) groups is 1. The molecule has 5 heteroatoms. The number of carbonyl (C=O) groups excluding carboxylic acids is 1. The molecule has 1 aromatic rings. The maximum atomic E-state index is 11.2. The summed E-state index contributed by atoms with van der Waals surface area (Å²) in [7, 11) is 1.41. The van der Waals surface area contributed by atoms with Crippen LogP contribution in [-0.2, 0) is 14.4 Å². The van der Waals surface area contributed by atoms with Crippen molar-refractivity contribution in [3.63, 3.8) is 0 Å². The van der Waals surface area contributed by atoms with E-state index in [4.69, 9.17) is 4.84 Å². The van der Waals surface area contributed by atoms with Crippen LogP contribution in [0.4, 0.5) is 0 Å². The van der Waals surface area contributed by atoms with Gasteiger partial charge in [0, 0.05) is 29.2 Å². The van der Waals surface area contributed by atoms with Crippen molar-refractivity contribution in [2.75, 3.05) is 13.7 Å². The summed E-state index contributed by atoms with van der Waals surface area (Å²) in [4.78, 5) is 16.8. The van der Waals surface area contributed by atoms with Crippen LogP contribution in [0.1, 0.15) is 83.1 Å². The summed E-state index contributed by atoms with van der Waals surface area (Å²) in [5, 5.41) is 15.4. The highest BCUT2D eigenvalue weighted by molar-refractivity contribution is 5.91. The molecule has 0 aliphatic heterocycles. The van der Waals surface area contributed by atoms with Crippen LogP contribution in [0, 0.1) is 22.7 Å². The molecule has 3 rings (SSSR count). The van der Waals surface area contributed by atoms with E-state index in [9.17, 15) is 9.90 Å². The van der Waals surface area contributed by atoms with E-state index in [2.05, 4.69) is 34.7 Å². The van der Waals surface area contributed by atoms with Gasteiger partial charge in [0.1, 0.15) is 6.61 Å². The zero-order chi connectivity index (χ0) is 25.7. The summed E-state index contributed by atoms with van der Waals surface area (Å²) >= 11 is 0. The minimum absolute atomic E-state index is 0.130. The summed E-state index contributed by atoms with van der Waals surface area (Å²) in [5.41, 5.74) is 1.81. The minimum Gasteiger partial charge on any atom is -0.469 e. The van der Waals surface area contributed by atoms with Crippen LogP contribution in [0.2, 0.25) is 0 Å². The van der Waals surface area contributed by atoms with Crippen LogP contribution in [0.3, 0.4) is 0 Å². The molecule has 194 valence electrons. The minimum atomic E-state index is -0.499. The van der Waals surface area contributed by atoms with Crippen LogP contribution in [-0.4, -0.2) is 36.6 Å². The third kappa shape index (κ3) is 8.10. The van der Waals surface area contributed by atoms with Gasteiger partial charge in [0.25, 0.3) is 0 Å². The average molecular weight is 492 g/mol. The number of esters is 1. The Balaban J connectivity index is 1.52. The molecule has 0 heterocycles. The predicted molar refractivity (Wildman–Crippen MR) is 144 cm³/mol. The fourth-order valence-electron chi connectivity index (χ4n) is 4.90. The molecule has 0 unspecified atom stereocenters. The standard InChI is InChI=1S/C31H41NO4/c1-30(20-9-6-17-27(30)32-36-25-11-8-19-29(34)35-2)21-10-7-18-28(33)31(23-13-24-31)22-12-16-26-14-4-3-5-15-26/h3-5,7,10,14-15,18,21,28,33H,6,8-9,11,13,17,19-20,22-25H2,1-2H3/b18-7+,21-10+,32-27+/t28-,30-/m0/s1.